The van der Waals surface area contributed by atoms with E-state index in [4.69, 9.17) is 4.74 Å². The molecular formula is C16H13BrFN3O. The van der Waals surface area contributed by atoms with Crippen molar-refractivity contribution in [2.45, 2.75) is 6.92 Å². The molecule has 1 heterocycles. The van der Waals surface area contributed by atoms with E-state index in [9.17, 15) is 4.39 Å². The minimum Gasteiger partial charge on any atom is -0.495 e. The van der Waals surface area contributed by atoms with Crippen molar-refractivity contribution in [2.75, 3.05) is 12.4 Å². The molecule has 0 bridgehead atoms. The Morgan fingerprint density at radius 1 is 1.18 bits per heavy atom. The van der Waals surface area contributed by atoms with Gasteiger partial charge in [0.25, 0.3) is 0 Å². The number of hydrogen-bond donors (Lipinski definition) is 1. The fraction of sp³-hybridized carbons (Fsp3) is 0.125. The maximum Gasteiger partial charge on any atom is 0.146 e. The van der Waals surface area contributed by atoms with Crippen LogP contribution in [0.15, 0.2) is 41.1 Å². The van der Waals surface area contributed by atoms with E-state index in [0.29, 0.717) is 22.8 Å². The van der Waals surface area contributed by atoms with Crippen LogP contribution in [0.1, 0.15) is 5.56 Å². The summed E-state index contributed by atoms with van der Waals surface area (Å²) in [7, 11) is 1.59. The summed E-state index contributed by atoms with van der Waals surface area (Å²) in [6, 6.07) is 8.66. The lowest BCUT2D eigenvalue weighted by Gasteiger charge is -2.11. The van der Waals surface area contributed by atoms with Crippen molar-refractivity contribution >= 4 is 38.3 Å². The maximum absolute atomic E-state index is 14.0. The highest BCUT2D eigenvalue weighted by Gasteiger charge is 2.10. The van der Waals surface area contributed by atoms with Gasteiger partial charge in [0.15, 0.2) is 0 Å². The van der Waals surface area contributed by atoms with Crippen LogP contribution in [-0.4, -0.2) is 17.1 Å². The van der Waals surface area contributed by atoms with Crippen LogP contribution in [0.25, 0.3) is 10.9 Å². The summed E-state index contributed by atoms with van der Waals surface area (Å²) in [5.74, 6) is 0.897. The Bertz CT molecular complexity index is 854. The average Bonchev–Trinajstić information content (AvgIpc) is 2.50. The molecule has 0 fully saturated rings. The maximum atomic E-state index is 14.0. The van der Waals surface area contributed by atoms with E-state index in [1.54, 1.807) is 19.2 Å². The minimum atomic E-state index is -0.320. The van der Waals surface area contributed by atoms with Crippen molar-refractivity contribution in [3.8, 4) is 5.75 Å². The summed E-state index contributed by atoms with van der Waals surface area (Å²) in [5, 5.41) is 3.79. The van der Waals surface area contributed by atoms with Gasteiger partial charge < -0.3 is 10.1 Å². The van der Waals surface area contributed by atoms with Crippen LogP contribution < -0.4 is 10.1 Å². The van der Waals surface area contributed by atoms with Gasteiger partial charge in [0.1, 0.15) is 23.7 Å². The molecule has 1 N–H and O–H groups in total. The molecule has 3 aromatic rings. The standard InChI is InChI=1S/C16H13BrFN3O/c1-9-3-4-13(12(18)5-9)21-16-10-6-11(17)15(22-2)7-14(10)19-8-20-16/h3-8H,1-2H3,(H,19,20,21). The summed E-state index contributed by atoms with van der Waals surface area (Å²) in [6.07, 6.45) is 1.43. The Morgan fingerprint density at radius 2 is 2.00 bits per heavy atom. The Morgan fingerprint density at radius 3 is 2.73 bits per heavy atom. The summed E-state index contributed by atoms with van der Waals surface area (Å²) in [4.78, 5) is 8.44. The van der Waals surface area contributed by atoms with Gasteiger partial charge in [0.05, 0.1) is 22.8 Å². The molecule has 22 heavy (non-hydrogen) atoms. The second-order valence-electron chi connectivity index (χ2n) is 4.83. The molecule has 6 heteroatoms. The van der Waals surface area contributed by atoms with E-state index in [1.807, 2.05) is 19.1 Å². The van der Waals surface area contributed by atoms with Crippen molar-refractivity contribution in [3.05, 3.63) is 52.5 Å². The second-order valence-corrected chi connectivity index (χ2v) is 5.69. The average molecular weight is 362 g/mol. The molecule has 0 aliphatic rings. The van der Waals surface area contributed by atoms with Crippen LogP contribution in [0.4, 0.5) is 15.9 Å². The van der Waals surface area contributed by atoms with Crippen molar-refractivity contribution in [1.29, 1.82) is 0 Å². The van der Waals surface area contributed by atoms with E-state index in [1.165, 1.54) is 12.4 Å². The van der Waals surface area contributed by atoms with Gasteiger partial charge in [-0.25, -0.2) is 14.4 Å². The first-order valence-electron chi connectivity index (χ1n) is 6.60. The number of rotatable bonds is 3. The molecule has 3 rings (SSSR count). The smallest absolute Gasteiger partial charge is 0.146 e. The van der Waals surface area contributed by atoms with Crippen molar-refractivity contribution in [2.24, 2.45) is 0 Å². The lowest BCUT2D eigenvalue weighted by atomic mass is 10.2. The summed E-state index contributed by atoms with van der Waals surface area (Å²) >= 11 is 3.44. The lowest BCUT2D eigenvalue weighted by Crippen LogP contribution is -1.99. The van der Waals surface area contributed by atoms with Crippen LogP contribution in [0, 0.1) is 12.7 Å². The third kappa shape index (κ3) is 2.74. The van der Waals surface area contributed by atoms with Gasteiger partial charge in [-0.2, -0.15) is 0 Å². The molecule has 0 saturated heterocycles. The summed E-state index contributed by atoms with van der Waals surface area (Å²) in [5.41, 5.74) is 1.95. The normalized spacial score (nSPS) is 10.7. The lowest BCUT2D eigenvalue weighted by molar-refractivity contribution is 0.412. The molecular weight excluding hydrogens is 349 g/mol. The zero-order chi connectivity index (χ0) is 15.7. The van der Waals surface area contributed by atoms with Gasteiger partial charge in [0.2, 0.25) is 0 Å². The third-order valence-electron chi connectivity index (χ3n) is 3.29. The molecule has 112 valence electrons. The number of hydrogen-bond acceptors (Lipinski definition) is 4. The first kappa shape index (κ1) is 14.7. The zero-order valence-electron chi connectivity index (χ0n) is 12.0. The fourth-order valence-electron chi connectivity index (χ4n) is 2.16. The molecule has 0 aliphatic heterocycles. The van der Waals surface area contributed by atoms with E-state index >= 15 is 0 Å². The molecule has 0 unspecified atom stereocenters. The number of nitrogens with one attached hydrogen (secondary N) is 1. The molecule has 0 saturated carbocycles. The minimum absolute atomic E-state index is 0.320. The van der Waals surface area contributed by atoms with E-state index in [-0.39, 0.29) is 5.82 Å². The van der Waals surface area contributed by atoms with Gasteiger partial charge >= 0.3 is 0 Å². The number of halogens is 2. The number of benzene rings is 2. The van der Waals surface area contributed by atoms with Crippen LogP contribution in [0.2, 0.25) is 0 Å². The Labute approximate surface area is 135 Å². The fourth-order valence-corrected chi connectivity index (χ4v) is 2.67. The monoisotopic (exact) mass is 361 g/mol. The number of aromatic nitrogens is 2. The van der Waals surface area contributed by atoms with Crippen molar-refractivity contribution in [3.63, 3.8) is 0 Å². The molecule has 0 spiro atoms. The number of aryl methyl sites for hydroxylation is 1. The van der Waals surface area contributed by atoms with Gasteiger partial charge in [-0.05, 0) is 46.6 Å². The highest BCUT2D eigenvalue weighted by atomic mass is 79.9. The van der Waals surface area contributed by atoms with Crippen LogP contribution in [-0.2, 0) is 0 Å². The quantitative estimate of drug-likeness (QED) is 0.740. The molecule has 1 aromatic heterocycles. The number of ether oxygens (including phenoxy) is 1. The third-order valence-corrected chi connectivity index (χ3v) is 3.91. The van der Waals surface area contributed by atoms with Gasteiger partial charge in [-0.1, -0.05) is 6.07 Å². The largest absolute Gasteiger partial charge is 0.495 e. The predicted molar refractivity (Wildman–Crippen MR) is 88.2 cm³/mol. The van der Waals surface area contributed by atoms with Crippen LogP contribution >= 0.6 is 15.9 Å². The van der Waals surface area contributed by atoms with E-state index in [0.717, 1.165) is 15.4 Å². The SMILES string of the molecule is COc1cc2ncnc(Nc3ccc(C)cc3F)c2cc1Br. The van der Waals surface area contributed by atoms with Gasteiger partial charge in [-0.3, -0.25) is 0 Å². The van der Waals surface area contributed by atoms with Crippen LogP contribution in [0.5, 0.6) is 5.75 Å². The van der Waals surface area contributed by atoms with Crippen molar-refractivity contribution in [1.82, 2.24) is 9.97 Å². The highest BCUT2D eigenvalue weighted by molar-refractivity contribution is 9.10. The molecule has 2 aromatic carbocycles. The molecule has 0 radical (unpaired) electrons. The van der Waals surface area contributed by atoms with Gasteiger partial charge in [0, 0.05) is 11.5 Å². The first-order chi connectivity index (χ1) is 10.6. The Kier molecular flexibility index (Phi) is 3.94. The number of methoxy groups -OCH3 is 1. The topological polar surface area (TPSA) is 47.0 Å². The molecule has 0 aliphatic carbocycles. The predicted octanol–water partition coefficient (Wildman–Crippen LogP) is 4.59. The molecule has 0 amide bonds. The first-order valence-corrected chi connectivity index (χ1v) is 7.39. The number of fused-ring (bicyclic) bond motifs is 1. The van der Waals surface area contributed by atoms with Crippen molar-refractivity contribution < 1.29 is 9.13 Å². The molecule has 4 nitrogen and oxygen atoms in total. The Hall–Kier alpha value is -2.21. The second kappa shape index (κ2) is 5.88. The molecule has 0 atom stereocenters. The zero-order valence-corrected chi connectivity index (χ0v) is 13.6. The van der Waals surface area contributed by atoms with Crippen LogP contribution in [0.3, 0.4) is 0 Å². The summed E-state index contributed by atoms with van der Waals surface area (Å²) in [6.45, 7) is 1.84. The highest BCUT2D eigenvalue weighted by Crippen LogP contribution is 2.33. The Balaban J connectivity index is 2.09. The number of anilines is 2. The summed E-state index contributed by atoms with van der Waals surface area (Å²) < 4.78 is 20.0. The van der Waals surface area contributed by atoms with Gasteiger partial charge in [-0.15, -0.1) is 0 Å². The number of nitrogens with zero attached hydrogens (tertiary/aromatic N) is 2. The van der Waals surface area contributed by atoms with E-state index < -0.39 is 0 Å². The van der Waals surface area contributed by atoms with E-state index in [2.05, 4.69) is 31.2 Å².